The van der Waals surface area contributed by atoms with Gasteiger partial charge in [-0.3, -0.25) is 13.9 Å². The Morgan fingerprint density at radius 2 is 1.84 bits per heavy atom. The number of aryl methyl sites for hydroxylation is 1. The van der Waals surface area contributed by atoms with Gasteiger partial charge in [0, 0.05) is 12.7 Å². The molecule has 1 aromatic heterocycles. The Kier molecular flexibility index (Phi) is 3.50. The normalized spacial score (nSPS) is 10.6. The van der Waals surface area contributed by atoms with E-state index >= 15 is 0 Å². The Hall–Kier alpha value is -2.37. The predicted molar refractivity (Wildman–Crippen MR) is 70.6 cm³/mol. The van der Waals surface area contributed by atoms with Crippen LogP contribution in [0.4, 0.5) is 10.1 Å². The SMILES string of the molecule is CCn1cc(N)c(=O)n(Cc2ccc(F)cc2)c1=O. The van der Waals surface area contributed by atoms with Crippen LogP contribution >= 0.6 is 0 Å². The molecule has 2 N–H and O–H groups in total. The Balaban J connectivity index is 2.50. The number of halogens is 1. The zero-order chi connectivity index (χ0) is 14.0. The minimum atomic E-state index is -0.529. The minimum Gasteiger partial charge on any atom is -0.393 e. The number of nitrogens with zero attached hydrogens (tertiary/aromatic N) is 2. The van der Waals surface area contributed by atoms with Gasteiger partial charge in [-0.2, -0.15) is 0 Å². The smallest absolute Gasteiger partial charge is 0.331 e. The van der Waals surface area contributed by atoms with Gasteiger partial charge in [0.05, 0.1) is 6.54 Å². The number of nitrogens with two attached hydrogens (primary N) is 1. The molecule has 1 aromatic carbocycles. The van der Waals surface area contributed by atoms with Crippen molar-refractivity contribution >= 4 is 5.69 Å². The monoisotopic (exact) mass is 263 g/mol. The molecule has 0 saturated carbocycles. The van der Waals surface area contributed by atoms with Gasteiger partial charge in [0.1, 0.15) is 11.5 Å². The fraction of sp³-hybridized carbons (Fsp3) is 0.231. The second-order valence-electron chi connectivity index (χ2n) is 4.17. The maximum absolute atomic E-state index is 12.8. The van der Waals surface area contributed by atoms with Gasteiger partial charge < -0.3 is 5.73 Å². The second kappa shape index (κ2) is 5.09. The zero-order valence-electron chi connectivity index (χ0n) is 10.5. The first-order chi connectivity index (χ1) is 9.02. The number of nitrogen functional groups attached to an aromatic ring is 1. The minimum absolute atomic E-state index is 0.0172. The van der Waals surface area contributed by atoms with Gasteiger partial charge in [-0.1, -0.05) is 12.1 Å². The highest BCUT2D eigenvalue weighted by atomic mass is 19.1. The highest BCUT2D eigenvalue weighted by Crippen LogP contribution is 2.03. The van der Waals surface area contributed by atoms with Crippen LogP contribution in [0, 0.1) is 5.82 Å². The molecule has 0 radical (unpaired) electrons. The fourth-order valence-corrected chi connectivity index (χ4v) is 1.81. The third kappa shape index (κ3) is 2.57. The van der Waals surface area contributed by atoms with Crippen LogP contribution in [0.2, 0.25) is 0 Å². The Morgan fingerprint density at radius 1 is 1.21 bits per heavy atom. The van der Waals surface area contributed by atoms with E-state index in [4.69, 9.17) is 5.73 Å². The van der Waals surface area contributed by atoms with Crippen molar-refractivity contribution in [2.24, 2.45) is 0 Å². The summed E-state index contributed by atoms with van der Waals surface area (Å²) in [5.41, 5.74) is 5.32. The van der Waals surface area contributed by atoms with E-state index in [9.17, 15) is 14.0 Å². The van der Waals surface area contributed by atoms with Crippen LogP contribution in [0.25, 0.3) is 0 Å². The third-order valence-electron chi connectivity index (χ3n) is 2.86. The van der Waals surface area contributed by atoms with Crippen LogP contribution in [-0.2, 0) is 13.1 Å². The number of hydrogen-bond acceptors (Lipinski definition) is 3. The number of benzene rings is 1. The Bertz CT molecular complexity index is 701. The summed E-state index contributed by atoms with van der Waals surface area (Å²) in [6, 6.07) is 5.62. The maximum Gasteiger partial charge on any atom is 0.331 e. The number of rotatable bonds is 3. The van der Waals surface area contributed by atoms with Crippen molar-refractivity contribution in [3.05, 3.63) is 62.7 Å². The van der Waals surface area contributed by atoms with Crippen molar-refractivity contribution in [1.82, 2.24) is 9.13 Å². The van der Waals surface area contributed by atoms with E-state index in [1.165, 1.54) is 35.0 Å². The number of anilines is 1. The van der Waals surface area contributed by atoms with Crippen molar-refractivity contribution in [2.45, 2.75) is 20.0 Å². The molecule has 6 heteroatoms. The van der Waals surface area contributed by atoms with Crippen molar-refractivity contribution < 1.29 is 4.39 Å². The van der Waals surface area contributed by atoms with E-state index in [0.29, 0.717) is 12.1 Å². The topological polar surface area (TPSA) is 70.0 Å². The summed E-state index contributed by atoms with van der Waals surface area (Å²) < 4.78 is 15.2. The predicted octanol–water partition coefficient (Wildman–Crippen LogP) is 0.799. The van der Waals surface area contributed by atoms with Crippen LogP contribution in [-0.4, -0.2) is 9.13 Å². The maximum atomic E-state index is 12.8. The van der Waals surface area contributed by atoms with Gasteiger partial charge in [0.25, 0.3) is 5.56 Å². The highest BCUT2D eigenvalue weighted by molar-refractivity contribution is 5.31. The van der Waals surface area contributed by atoms with Gasteiger partial charge in [-0.15, -0.1) is 0 Å². The first kappa shape index (κ1) is 13.1. The molecule has 0 bridgehead atoms. The summed E-state index contributed by atoms with van der Waals surface area (Å²) in [6.07, 6.45) is 1.34. The molecule has 1 heterocycles. The van der Waals surface area contributed by atoms with E-state index in [1.807, 2.05) is 0 Å². The lowest BCUT2D eigenvalue weighted by atomic mass is 10.2. The van der Waals surface area contributed by atoms with E-state index in [1.54, 1.807) is 6.92 Å². The molecule has 0 aliphatic heterocycles. The van der Waals surface area contributed by atoms with E-state index in [-0.39, 0.29) is 18.0 Å². The molecule has 5 nitrogen and oxygen atoms in total. The molecule has 0 amide bonds. The van der Waals surface area contributed by atoms with Crippen molar-refractivity contribution in [2.75, 3.05) is 5.73 Å². The average molecular weight is 263 g/mol. The molecule has 100 valence electrons. The lowest BCUT2D eigenvalue weighted by molar-refractivity contribution is 0.600. The molecule has 19 heavy (non-hydrogen) atoms. The summed E-state index contributed by atoms with van der Waals surface area (Å²) in [7, 11) is 0. The van der Waals surface area contributed by atoms with Gasteiger partial charge in [0.2, 0.25) is 0 Å². The molecule has 2 rings (SSSR count). The molecule has 0 unspecified atom stereocenters. The summed E-state index contributed by atoms with van der Waals surface area (Å²) in [4.78, 5) is 23.9. The highest BCUT2D eigenvalue weighted by Gasteiger charge is 2.09. The third-order valence-corrected chi connectivity index (χ3v) is 2.86. The molecule has 0 atom stereocenters. The molecule has 0 saturated heterocycles. The van der Waals surface area contributed by atoms with Gasteiger partial charge in [-0.05, 0) is 24.6 Å². The summed E-state index contributed by atoms with van der Waals surface area (Å²) >= 11 is 0. The fourth-order valence-electron chi connectivity index (χ4n) is 1.81. The molecule has 0 spiro atoms. The lowest BCUT2D eigenvalue weighted by Gasteiger charge is -2.10. The van der Waals surface area contributed by atoms with Crippen molar-refractivity contribution in [1.29, 1.82) is 0 Å². The van der Waals surface area contributed by atoms with Gasteiger partial charge in [0.15, 0.2) is 0 Å². The molecule has 0 aliphatic carbocycles. The summed E-state index contributed by atoms with van der Waals surface area (Å²) in [6.45, 7) is 2.28. The van der Waals surface area contributed by atoms with Crippen LogP contribution in [0.3, 0.4) is 0 Å². The van der Waals surface area contributed by atoms with Crippen molar-refractivity contribution in [3.8, 4) is 0 Å². The average Bonchev–Trinajstić information content (AvgIpc) is 2.41. The first-order valence-electron chi connectivity index (χ1n) is 5.87. The first-order valence-corrected chi connectivity index (χ1v) is 5.87. The molecular formula is C13H14FN3O2. The van der Waals surface area contributed by atoms with Gasteiger partial charge >= 0.3 is 5.69 Å². The van der Waals surface area contributed by atoms with Crippen LogP contribution in [0.1, 0.15) is 12.5 Å². The summed E-state index contributed by atoms with van der Waals surface area (Å²) in [5.74, 6) is -0.366. The second-order valence-corrected chi connectivity index (χ2v) is 4.17. The number of hydrogen-bond donors (Lipinski definition) is 1. The van der Waals surface area contributed by atoms with Crippen LogP contribution < -0.4 is 17.0 Å². The standard InChI is InChI=1S/C13H14FN3O2/c1-2-16-8-11(15)12(18)17(13(16)19)7-9-3-5-10(14)6-4-9/h3-6,8H,2,7,15H2,1H3. The van der Waals surface area contributed by atoms with Crippen LogP contribution in [0.15, 0.2) is 40.1 Å². The zero-order valence-corrected chi connectivity index (χ0v) is 10.5. The molecule has 0 aliphatic rings. The molecule has 0 fully saturated rings. The van der Waals surface area contributed by atoms with E-state index < -0.39 is 11.2 Å². The summed E-state index contributed by atoms with van der Waals surface area (Å²) in [5, 5.41) is 0. The molecular weight excluding hydrogens is 249 g/mol. The van der Waals surface area contributed by atoms with Crippen molar-refractivity contribution in [3.63, 3.8) is 0 Å². The van der Waals surface area contributed by atoms with E-state index in [2.05, 4.69) is 0 Å². The Labute approximate surface area is 108 Å². The number of aromatic nitrogens is 2. The largest absolute Gasteiger partial charge is 0.393 e. The Morgan fingerprint density at radius 3 is 2.42 bits per heavy atom. The molecule has 2 aromatic rings. The lowest BCUT2D eigenvalue weighted by Crippen LogP contribution is -2.40. The van der Waals surface area contributed by atoms with Crippen LogP contribution in [0.5, 0.6) is 0 Å². The quantitative estimate of drug-likeness (QED) is 0.890. The van der Waals surface area contributed by atoms with E-state index in [0.717, 1.165) is 4.57 Å². The van der Waals surface area contributed by atoms with Gasteiger partial charge in [-0.25, -0.2) is 9.18 Å².